The van der Waals surface area contributed by atoms with Crippen molar-refractivity contribution >= 4 is 5.91 Å². The Morgan fingerprint density at radius 2 is 2.38 bits per heavy atom. The molecule has 0 saturated heterocycles. The monoisotopic (exact) mass is 224 g/mol. The minimum Gasteiger partial charge on any atom is -0.340 e. The Morgan fingerprint density at radius 3 is 2.94 bits per heavy atom. The molecule has 0 atom stereocenters. The van der Waals surface area contributed by atoms with Crippen LogP contribution in [-0.4, -0.2) is 48.0 Å². The smallest absolute Gasteiger partial charge is 0.273 e. The van der Waals surface area contributed by atoms with Gasteiger partial charge in [0.15, 0.2) is 0 Å². The molecule has 0 radical (unpaired) electrons. The largest absolute Gasteiger partial charge is 0.340 e. The molecular formula is C10H16N4O2. The van der Waals surface area contributed by atoms with Crippen molar-refractivity contribution in [3.05, 3.63) is 28.4 Å². The summed E-state index contributed by atoms with van der Waals surface area (Å²) in [7, 11) is 3.58. The van der Waals surface area contributed by atoms with Gasteiger partial charge in [0.25, 0.3) is 11.5 Å². The van der Waals surface area contributed by atoms with Gasteiger partial charge in [-0.25, -0.2) is 4.98 Å². The number of aromatic amines is 1. The Bertz CT molecular complexity index is 382. The minimum absolute atomic E-state index is 0.188. The fraction of sp³-hybridized carbons (Fsp3) is 0.500. The van der Waals surface area contributed by atoms with E-state index in [0.29, 0.717) is 6.54 Å². The number of rotatable bonds is 5. The van der Waals surface area contributed by atoms with Gasteiger partial charge in [-0.15, -0.1) is 0 Å². The predicted molar refractivity (Wildman–Crippen MR) is 60.4 cm³/mol. The molecule has 1 rings (SSSR count). The molecule has 6 heteroatoms. The summed E-state index contributed by atoms with van der Waals surface area (Å²) in [5.41, 5.74) is -0.0547. The highest BCUT2D eigenvalue weighted by Gasteiger charge is 2.12. The second kappa shape index (κ2) is 6.02. The molecule has 6 nitrogen and oxygen atoms in total. The zero-order chi connectivity index (χ0) is 12.0. The van der Waals surface area contributed by atoms with Gasteiger partial charge in [0.05, 0.1) is 6.20 Å². The van der Waals surface area contributed by atoms with Crippen molar-refractivity contribution in [2.75, 3.05) is 27.2 Å². The van der Waals surface area contributed by atoms with E-state index in [1.807, 2.05) is 7.05 Å². The molecule has 0 unspecified atom stereocenters. The molecule has 1 heterocycles. The van der Waals surface area contributed by atoms with Crippen LogP contribution < -0.4 is 10.9 Å². The molecule has 1 aromatic rings. The first kappa shape index (κ1) is 12.4. The molecule has 0 aliphatic carbocycles. The maximum atomic E-state index is 11.8. The highest BCUT2D eigenvalue weighted by molar-refractivity contribution is 5.91. The van der Waals surface area contributed by atoms with Gasteiger partial charge in [0.1, 0.15) is 5.69 Å². The first-order valence-electron chi connectivity index (χ1n) is 5.10. The van der Waals surface area contributed by atoms with Gasteiger partial charge in [-0.3, -0.25) is 9.59 Å². The second-order valence-corrected chi connectivity index (χ2v) is 3.48. The van der Waals surface area contributed by atoms with E-state index in [2.05, 4.69) is 15.3 Å². The molecule has 0 spiro atoms. The number of aromatic nitrogens is 2. The topological polar surface area (TPSA) is 78.1 Å². The summed E-state index contributed by atoms with van der Waals surface area (Å²) in [6.07, 6.45) is 3.32. The van der Waals surface area contributed by atoms with Crippen LogP contribution in [0.5, 0.6) is 0 Å². The molecule has 0 fully saturated rings. The molecular weight excluding hydrogens is 208 g/mol. The van der Waals surface area contributed by atoms with Crippen molar-refractivity contribution in [3.63, 3.8) is 0 Å². The number of nitrogens with one attached hydrogen (secondary N) is 2. The third-order valence-corrected chi connectivity index (χ3v) is 2.16. The van der Waals surface area contributed by atoms with Crippen molar-refractivity contribution in [1.82, 2.24) is 20.2 Å². The van der Waals surface area contributed by atoms with Crippen LogP contribution in [-0.2, 0) is 0 Å². The van der Waals surface area contributed by atoms with Gasteiger partial charge < -0.3 is 15.2 Å². The summed E-state index contributed by atoms with van der Waals surface area (Å²) in [5, 5.41) is 3.01. The first-order valence-corrected chi connectivity index (χ1v) is 5.10. The van der Waals surface area contributed by atoms with Crippen LogP contribution in [0.1, 0.15) is 16.9 Å². The third kappa shape index (κ3) is 3.47. The van der Waals surface area contributed by atoms with Crippen LogP contribution in [0.15, 0.2) is 17.2 Å². The number of nitrogens with zero attached hydrogens (tertiary/aromatic N) is 2. The number of H-pyrrole nitrogens is 1. The van der Waals surface area contributed by atoms with Crippen molar-refractivity contribution in [1.29, 1.82) is 0 Å². The minimum atomic E-state index is -0.311. The highest BCUT2D eigenvalue weighted by atomic mass is 16.2. The number of hydrogen-bond donors (Lipinski definition) is 2. The van der Waals surface area contributed by atoms with Crippen LogP contribution in [0.25, 0.3) is 0 Å². The quantitative estimate of drug-likeness (QED) is 0.658. The standard InChI is InChI=1S/C10H16N4O2/c1-11-4-3-5-14(2)10(16)8-6-13-9(15)7-12-8/h6-7,11H,3-5H2,1-2H3,(H,13,15). The van der Waals surface area contributed by atoms with E-state index in [-0.39, 0.29) is 17.2 Å². The molecule has 1 amide bonds. The summed E-state index contributed by atoms with van der Waals surface area (Å²) in [4.78, 5) is 30.3. The Hall–Kier alpha value is -1.69. The Kier molecular flexibility index (Phi) is 4.65. The molecule has 0 bridgehead atoms. The van der Waals surface area contributed by atoms with Gasteiger partial charge >= 0.3 is 0 Å². The molecule has 0 aromatic carbocycles. The number of carbonyl (C=O) groups is 1. The molecule has 0 aliphatic heterocycles. The van der Waals surface area contributed by atoms with E-state index in [9.17, 15) is 9.59 Å². The molecule has 1 aromatic heterocycles. The van der Waals surface area contributed by atoms with Crippen LogP contribution in [0.2, 0.25) is 0 Å². The lowest BCUT2D eigenvalue weighted by molar-refractivity contribution is 0.0787. The lowest BCUT2D eigenvalue weighted by Crippen LogP contribution is -2.30. The number of amides is 1. The van der Waals surface area contributed by atoms with Crippen molar-refractivity contribution < 1.29 is 4.79 Å². The van der Waals surface area contributed by atoms with Gasteiger partial charge in [0, 0.05) is 19.8 Å². The molecule has 0 saturated carbocycles. The van der Waals surface area contributed by atoms with Crippen LogP contribution in [0.4, 0.5) is 0 Å². The second-order valence-electron chi connectivity index (χ2n) is 3.48. The van der Waals surface area contributed by atoms with E-state index in [0.717, 1.165) is 19.2 Å². The van der Waals surface area contributed by atoms with Crippen LogP contribution in [0.3, 0.4) is 0 Å². The zero-order valence-corrected chi connectivity index (χ0v) is 9.49. The summed E-state index contributed by atoms with van der Waals surface area (Å²) in [6.45, 7) is 1.51. The summed E-state index contributed by atoms with van der Waals surface area (Å²) >= 11 is 0. The van der Waals surface area contributed by atoms with Crippen molar-refractivity contribution in [3.8, 4) is 0 Å². The van der Waals surface area contributed by atoms with Gasteiger partial charge in [-0.05, 0) is 20.0 Å². The average molecular weight is 224 g/mol. The summed E-state index contributed by atoms with van der Waals surface area (Å²) in [6, 6.07) is 0. The number of carbonyl (C=O) groups excluding carboxylic acids is 1. The maximum absolute atomic E-state index is 11.8. The lowest BCUT2D eigenvalue weighted by atomic mass is 10.3. The molecule has 0 aliphatic rings. The highest BCUT2D eigenvalue weighted by Crippen LogP contribution is 1.97. The Balaban J connectivity index is 2.56. The lowest BCUT2D eigenvalue weighted by Gasteiger charge is -2.15. The maximum Gasteiger partial charge on any atom is 0.273 e. The van der Waals surface area contributed by atoms with E-state index in [1.54, 1.807) is 11.9 Å². The third-order valence-electron chi connectivity index (χ3n) is 2.16. The summed E-state index contributed by atoms with van der Waals surface area (Å²) in [5.74, 6) is -0.188. The van der Waals surface area contributed by atoms with Crippen LogP contribution in [0, 0.1) is 0 Å². The Morgan fingerprint density at radius 1 is 1.62 bits per heavy atom. The summed E-state index contributed by atoms with van der Waals surface area (Å²) < 4.78 is 0. The zero-order valence-electron chi connectivity index (χ0n) is 9.49. The molecule has 16 heavy (non-hydrogen) atoms. The van der Waals surface area contributed by atoms with Crippen molar-refractivity contribution in [2.24, 2.45) is 0 Å². The Labute approximate surface area is 93.7 Å². The van der Waals surface area contributed by atoms with E-state index < -0.39 is 0 Å². The van der Waals surface area contributed by atoms with Gasteiger partial charge in [0.2, 0.25) is 0 Å². The van der Waals surface area contributed by atoms with Crippen LogP contribution >= 0.6 is 0 Å². The fourth-order valence-electron chi connectivity index (χ4n) is 1.25. The van der Waals surface area contributed by atoms with Gasteiger partial charge in [-0.2, -0.15) is 0 Å². The average Bonchev–Trinajstić information content (AvgIpc) is 2.29. The van der Waals surface area contributed by atoms with Crippen molar-refractivity contribution in [2.45, 2.75) is 6.42 Å². The molecule has 2 N–H and O–H groups in total. The van der Waals surface area contributed by atoms with E-state index in [4.69, 9.17) is 0 Å². The SMILES string of the molecule is CNCCCN(C)C(=O)c1c[nH]c(=O)cn1. The van der Waals surface area contributed by atoms with E-state index >= 15 is 0 Å². The van der Waals surface area contributed by atoms with E-state index in [1.165, 1.54) is 6.20 Å². The first-order chi connectivity index (χ1) is 7.65. The number of hydrogen-bond acceptors (Lipinski definition) is 4. The van der Waals surface area contributed by atoms with Gasteiger partial charge in [-0.1, -0.05) is 0 Å². The molecule has 88 valence electrons. The normalized spacial score (nSPS) is 10.1. The predicted octanol–water partition coefficient (Wildman–Crippen LogP) is -0.549. The fourth-order valence-corrected chi connectivity index (χ4v) is 1.25.